The van der Waals surface area contributed by atoms with E-state index >= 15 is 0 Å². The van der Waals surface area contributed by atoms with E-state index in [0.29, 0.717) is 17.8 Å². The monoisotopic (exact) mass is 450 g/mol. The number of aromatic nitrogens is 2. The zero-order chi connectivity index (χ0) is 23.1. The van der Waals surface area contributed by atoms with Crippen LogP contribution < -0.4 is 0 Å². The maximum absolute atomic E-state index is 14.2. The molecular weight excluding hydrogens is 437 g/mol. The van der Waals surface area contributed by atoms with E-state index in [0.717, 1.165) is 12.1 Å². The van der Waals surface area contributed by atoms with Gasteiger partial charge in [0.05, 0.1) is 11.1 Å². The summed E-state index contributed by atoms with van der Waals surface area (Å²) in [6, 6.07) is 12.8. The van der Waals surface area contributed by atoms with Gasteiger partial charge in [-0.05, 0) is 42.0 Å². The average molecular weight is 450 g/mol. The molecule has 9 heteroatoms. The van der Waals surface area contributed by atoms with E-state index in [1.165, 1.54) is 59.4 Å². The quantitative estimate of drug-likeness (QED) is 0.298. The molecule has 0 spiro atoms. The van der Waals surface area contributed by atoms with Crippen LogP contribution in [0.25, 0.3) is 28.2 Å². The molecule has 0 fully saturated rings. The summed E-state index contributed by atoms with van der Waals surface area (Å²) in [5.41, 5.74) is -1.60. The van der Waals surface area contributed by atoms with E-state index in [-0.39, 0.29) is 22.5 Å². The van der Waals surface area contributed by atoms with Gasteiger partial charge in [0.15, 0.2) is 0 Å². The minimum atomic E-state index is -4.63. The molecule has 164 valence electrons. The van der Waals surface area contributed by atoms with E-state index in [2.05, 4.69) is 4.98 Å². The Balaban J connectivity index is 1.74. The standard InChI is InChI=1S/C23H13F7N2/c24-20-10-7-15(22(25,26)27)13-18(20)14-5-8-16(9-6-14)32-12-11-31-21(32)17-3-1-2-4-19(17)23(28,29)30/h1-13H. The predicted molar refractivity (Wildman–Crippen MR) is 104 cm³/mol. The van der Waals surface area contributed by atoms with Gasteiger partial charge in [0.1, 0.15) is 11.6 Å². The highest BCUT2D eigenvalue weighted by molar-refractivity contribution is 5.68. The molecule has 0 N–H and O–H groups in total. The van der Waals surface area contributed by atoms with E-state index in [4.69, 9.17) is 0 Å². The van der Waals surface area contributed by atoms with Gasteiger partial charge in [-0.3, -0.25) is 4.57 Å². The first-order valence-corrected chi connectivity index (χ1v) is 9.23. The van der Waals surface area contributed by atoms with E-state index < -0.39 is 29.3 Å². The summed E-state index contributed by atoms with van der Waals surface area (Å²) in [5, 5.41) is 0. The Morgan fingerprint density at radius 2 is 1.41 bits per heavy atom. The Bertz CT molecular complexity index is 1250. The van der Waals surface area contributed by atoms with Crippen LogP contribution in [0.3, 0.4) is 0 Å². The van der Waals surface area contributed by atoms with Crippen LogP contribution in [0, 0.1) is 5.82 Å². The van der Waals surface area contributed by atoms with Crippen molar-refractivity contribution >= 4 is 0 Å². The predicted octanol–water partition coefficient (Wildman–Crippen LogP) is 7.38. The largest absolute Gasteiger partial charge is 0.417 e. The van der Waals surface area contributed by atoms with Crippen molar-refractivity contribution in [1.29, 1.82) is 0 Å². The van der Waals surface area contributed by atoms with Gasteiger partial charge in [-0.15, -0.1) is 0 Å². The van der Waals surface area contributed by atoms with E-state index in [9.17, 15) is 30.7 Å². The van der Waals surface area contributed by atoms with Crippen LogP contribution in [0.5, 0.6) is 0 Å². The first kappa shape index (κ1) is 21.6. The first-order chi connectivity index (χ1) is 15.1. The molecule has 32 heavy (non-hydrogen) atoms. The van der Waals surface area contributed by atoms with E-state index in [1.807, 2.05) is 0 Å². The average Bonchev–Trinajstić information content (AvgIpc) is 3.22. The van der Waals surface area contributed by atoms with Crippen molar-refractivity contribution in [3.8, 4) is 28.2 Å². The molecule has 2 nitrogen and oxygen atoms in total. The normalized spacial score (nSPS) is 12.2. The van der Waals surface area contributed by atoms with Gasteiger partial charge >= 0.3 is 12.4 Å². The van der Waals surface area contributed by atoms with Gasteiger partial charge in [-0.1, -0.05) is 30.3 Å². The molecule has 0 radical (unpaired) electrons. The third-order valence-corrected chi connectivity index (χ3v) is 4.86. The second-order valence-electron chi connectivity index (χ2n) is 6.90. The molecule has 0 aliphatic heterocycles. The molecule has 3 aromatic carbocycles. The number of nitrogens with zero attached hydrogens (tertiary/aromatic N) is 2. The van der Waals surface area contributed by atoms with Gasteiger partial charge < -0.3 is 0 Å². The topological polar surface area (TPSA) is 17.8 Å². The lowest BCUT2D eigenvalue weighted by Gasteiger charge is -2.14. The fraction of sp³-hybridized carbons (Fsp3) is 0.0870. The van der Waals surface area contributed by atoms with Gasteiger partial charge in [0, 0.05) is 29.2 Å². The highest BCUT2D eigenvalue weighted by Gasteiger charge is 2.34. The molecule has 4 rings (SSSR count). The molecule has 0 bridgehead atoms. The van der Waals surface area contributed by atoms with Crippen LogP contribution in [0.4, 0.5) is 30.7 Å². The number of alkyl halides is 6. The Hall–Kier alpha value is -3.62. The Morgan fingerprint density at radius 1 is 0.719 bits per heavy atom. The third-order valence-electron chi connectivity index (χ3n) is 4.86. The first-order valence-electron chi connectivity index (χ1n) is 9.23. The molecule has 0 amide bonds. The van der Waals surface area contributed by atoms with Crippen molar-refractivity contribution in [2.45, 2.75) is 12.4 Å². The molecule has 0 saturated heterocycles. The van der Waals surface area contributed by atoms with Crippen molar-refractivity contribution in [3.05, 3.63) is 96.1 Å². The van der Waals surface area contributed by atoms with Crippen molar-refractivity contribution in [1.82, 2.24) is 9.55 Å². The third kappa shape index (κ3) is 4.10. The minimum absolute atomic E-state index is 0.0379. The van der Waals surface area contributed by atoms with Crippen LogP contribution in [0.15, 0.2) is 79.1 Å². The second kappa shape index (κ2) is 7.81. The molecule has 0 saturated carbocycles. The maximum Gasteiger partial charge on any atom is 0.417 e. The Kier molecular flexibility index (Phi) is 5.28. The number of halogens is 7. The molecule has 0 aliphatic carbocycles. The fourth-order valence-corrected chi connectivity index (χ4v) is 3.36. The smallest absolute Gasteiger partial charge is 0.300 e. The van der Waals surface area contributed by atoms with Gasteiger partial charge in [0.2, 0.25) is 0 Å². The van der Waals surface area contributed by atoms with Crippen molar-refractivity contribution in [2.75, 3.05) is 0 Å². The summed E-state index contributed by atoms with van der Waals surface area (Å²) in [4.78, 5) is 4.05. The lowest BCUT2D eigenvalue weighted by Crippen LogP contribution is -2.08. The van der Waals surface area contributed by atoms with Gasteiger partial charge in [-0.2, -0.15) is 26.3 Å². The number of hydrogen-bond donors (Lipinski definition) is 0. The lowest BCUT2D eigenvalue weighted by atomic mass is 10.0. The molecule has 0 aliphatic rings. The van der Waals surface area contributed by atoms with Crippen molar-refractivity contribution < 1.29 is 30.7 Å². The summed E-state index contributed by atoms with van der Waals surface area (Å²) >= 11 is 0. The highest BCUT2D eigenvalue weighted by Crippen LogP contribution is 2.37. The maximum atomic E-state index is 14.2. The summed E-state index contributed by atoms with van der Waals surface area (Å²) in [7, 11) is 0. The summed E-state index contributed by atoms with van der Waals surface area (Å²) in [5.74, 6) is -0.788. The Labute approximate surface area is 177 Å². The second-order valence-corrected chi connectivity index (χ2v) is 6.90. The number of rotatable bonds is 3. The molecule has 0 atom stereocenters. The van der Waals surface area contributed by atoms with Crippen LogP contribution >= 0.6 is 0 Å². The number of benzene rings is 3. The van der Waals surface area contributed by atoms with Gasteiger partial charge in [-0.25, -0.2) is 9.37 Å². The van der Waals surface area contributed by atoms with Crippen LogP contribution in [-0.4, -0.2) is 9.55 Å². The molecule has 1 heterocycles. The summed E-state index contributed by atoms with van der Waals surface area (Å²) < 4.78 is 94.8. The zero-order valence-electron chi connectivity index (χ0n) is 16.0. The number of imidazole rings is 1. The zero-order valence-corrected chi connectivity index (χ0v) is 16.0. The number of hydrogen-bond acceptors (Lipinski definition) is 1. The molecule has 0 unspecified atom stereocenters. The summed E-state index contributed by atoms with van der Waals surface area (Å²) in [6.45, 7) is 0. The van der Waals surface area contributed by atoms with Crippen LogP contribution in [0.2, 0.25) is 0 Å². The van der Waals surface area contributed by atoms with Crippen LogP contribution in [-0.2, 0) is 12.4 Å². The highest BCUT2D eigenvalue weighted by atomic mass is 19.4. The van der Waals surface area contributed by atoms with Crippen molar-refractivity contribution in [3.63, 3.8) is 0 Å². The SMILES string of the molecule is Fc1ccc(C(F)(F)F)cc1-c1ccc(-n2ccnc2-c2ccccc2C(F)(F)F)cc1. The molecular formula is C23H13F7N2. The minimum Gasteiger partial charge on any atom is -0.300 e. The van der Waals surface area contributed by atoms with Crippen molar-refractivity contribution in [2.24, 2.45) is 0 Å². The molecule has 1 aromatic heterocycles. The Morgan fingerprint density at radius 3 is 2.06 bits per heavy atom. The fourth-order valence-electron chi connectivity index (χ4n) is 3.36. The summed E-state index contributed by atoms with van der Waals surface area (Å²) in [6.07, 6.45) is -6.41. The van der Waals surface area contributed by atoms with E-state index in [1.54, 1.807) is 0 Å². The van der Waals surface area contributed by atoms with Crippen LogP contribution in [0.1, 0.15) is 11.1 Å². The molecule has 4 aromatic rings. The van der Waals surface area contributed by atoms with Gasteiger partial charge in [0.25, 0.3) is 0 Å². The lowest BCUT2D eigenvalue weighted by molar-refractivity contribution is -0.138.